The van der Waals surface area contributed by atoms with Gasteiger partial charge in [0.1, 0.15) is 0 Å². The highest BCUT2D eigenvalue weighted by Gasteiger charge is 2.28. The lowest BCUT2D eigenvalue weighted by molar-refractivity contribution is 0.0862. The van der Waals surface area contributed by atoms with Gasteiger partial charge in [0, 0.05) is 23.2 Å². The van der Waals surface area contributed by atoms with Crippen LogP contribution in [0.5, 0.6) is 0 Å². The molecule has 1 saturated carbocycles. The highest BCUT2D eigenvalue weighted by Crippen LogP contribution is 2.20. The van der Waals surface area contributed by atoms with Crippen LogP contribution >= 0.6 is 0 Å². The highest BCUT2D eigenvalue weighted by atomic mass is 16.2. The molecule has 0 radical (unpaired) electrons. The monoisotopic (exact) mass is 350 g/mol. The van der Waals surface area contributed by atoms with E-state index < -0.39 is 0 Å². The van der Waals surface area contributed by atoms with Crippen LogP contribution in [0.2, 0.25) is 0 Å². The van der Waals surface area contributed by atoms with Gasteiger partial charge in [0.15, 0.2) is 0 Å². The molecular weight excluding hydrogens is 324 g/mol. The van der Waals surface area contributed by atoms with Crippen LogP contribution in [0.4, 0.5) is 0 Å². The molecule has 2 aromatic rings. The molecule has 2 N–H and O–H groups in total. The summed E-state index contributed by atoms with van der Waals surface area (Å²) in [5, 5.41) is 6.25. The van der Waals surface area contributed by atoms with Crippen molar-refractivity contribution in [3.63, 3.8) is 0 Å². The summed E-state index contributed by atoms with van der Waals surface area (Å²) in [5.41, 5.74) is 3.45. The van der Waals surface area contributed by atoms with E-state index in [1.54, 1.807) is 0 Å². The van der Waals surface area contributed by atoms with Crippen molar-refractivity contribution >= 4 is 11.8 Å². The van der Waals surface area contributed by atoms with E-state index in [1.165, 1.54) is 0 Å². The summed E-state index contributed by atoms with van der Waals surface area (Å²) in [5.74, 6) is -0.147. The van der Waals surface area contributed by atoms with Gasteiger partial charge in [-0.1, -0.05) is 48.2 Å². The van der Waals surface area contributed by atoms with Crippen LogP contribution in [-0.2, 0) is 0 Å². The molecule has 2 atom stereocenters. The zero-order chi connectivity index (χ0) is 18.5. The average molecular weight is 350 g/mol. The minimum absolute atomic E-state index is 0.0366. The topological polar surface area (TPSA) is 58.2 Å². The lowest BCUT2D eigenvalue weighted by Crippen LogP contribution is -2.53. The van der Waals surface area contributed by atoms with Crippen LogP contribution in [0.1, 0.15) is 57.5 Å². The Balaban J connectivity index is 1.67. The normalized spacial score (nSPS) is 19.6. The molecule has 3 rings (SSSR count). The summed E-state index contributed by atoms with van der Waals surface area (Å²) in [6, 6.07) is 15.1. The molecule has 1 aliphatic carbocycles. The predicted octanol–water partition coefficient (Wildman–Crippen LogP) is 3.77. The number of hydrogen-bond acceptors (Lipinski definition) is 2. The highest BCUT2D eigenvalue weighted by molar-refractivity contribution is 5.95. The zero-order valence-corrected chi connectivity index (χ0v) is 15.4. The van der Waals surface area contributed by atoms with Crippen LogP contribution < -0.4 is 10.6 Å². The summed E-state index contributed by atoms with van der Waals surface area (Å²) < 4.78 is 0. The lowest BCUT2D eigenvalue weighted by atomic mass is 9.89. The smallest absolute Gasteiger partial charge is 0.251 e. The van der Waals surface area contributed by atoms with E-state index in [-0.39, 0.29) is 23.9 Å². The number of carbonyl (C=O) groups is 2. The lowest BCUT2D eigenvalue weighted by Gasteiger charge is -2.33. The standard InChI is InChI=1S/C22H26N2O2/c1-15-7-5-9-17(13-15)21(25)23-19-11-3-4-12-20(19)24-22(26)18-10-6-8-16(2)14-18/h5-10,13-14,19-20H,3-4,11-12H2,1-2H3,(H,23,25)(H,24,26)/t19-,20-/m1/s1. The first-order valence-corrected chi connectivity index (χ1v) is 9.28. The Kier molecular flexibility index (Phi) is 5.71. The molecule has 4 heteroatoms. The van der Waals surface area contributed by atoms with Gasteiger partial charge < -0.3 is 10.6 Å². The second-order valence-corrected chi connectivity index (χ2v) is 7.18. The van der Waals surface area contributed by atoms with E-state index in [4.69, 9.17) is 0 Å². The molecule has 0 aliphatic heterocycles. The summed E-state index contributed by atoms with van der Waals surface area (Å²) in [4.78, 5) is 25.2. The Hall–Kier alpha value is -2.62. The van der Waals surface area contributed by atoms with E-state index in [0.717, 1.165) is 36.8 Å². The van der Waals surface area contributed by atoms with Crippen LogP contribution in [0.3, 0.4) is 0 Å². The second kappa shape index (κ2) is 8.17. The first kappa shape index (κ1) is 18.2. The minimum Gasteiger partial charge on any atom is -0.347 e. The van der Waals surface area contributed by atoms with E-state index in [2.05, 4.69) is 10.6 Å². The van der Waals surface area contributed by atoms with Gasteiger partial charge in [0.25, 0.3) is 11.8 Å². The molecule has 0 aromatic heterocycles. The molecule has 0 heterocycles. The maximum absolute atomic E-state index is 12.6. The Morgan fingerprint density at radius 2 is 1.19 bits per heavy atom. The maximum Gasteiger partial charge on any atom is 0.251 e. The van der Waals surface area contributed by atoms with Gasteiger partial charge in [-0.15, -0.1) is 0 Å². The third-order valence-corrected chi connectivity index (χ3v) is 4.96. The van der Waals surface area contributed by atoms with Crippen LogP contribution in [0.15, 0.2) is 48.5 Å². The van der Waals surface area contributed by atoms with Gasteiger partial charge in [0.2, 0.25) is 0 Å². The van der Waals surface area contributed by atoms with Crippen LogP contribution in [-0.4, -0.2) is 23.9 Å². The third-order valence-electron chi connectivity index (χ3n) is 4.96. The Morgan fingerprint density at radius 3 is 1.58 bits per heavy atom. The molecule has 0 bridgehead atoms. The number of nitrogens with one attached hydrogen (secondary N) is 2. The number of benzene rings is 2. The van der Waals surface area contributed by atoms with Gasteiger partial charge >= 0.3 is 0 Å². The molecular formula is C22H26N2O2. The van der Waals surface area contributed by atoms with Crippen molar-refractivity contribution in [3.05, 3.63) is 70.8 Å². The molecule has 1 aliphatic rings. The molecule has 4 nitrogen and oxygen atoms in total. The number of rotatable bonds is 4. The van der Waals surface area contributed by atoms with Gasteiger partial charge in [-0.3, -0.25) is 9.59 Å². The maximum atomic E-state index is 12.6. The first-order chi connectivity index (χ1) is 12.5. The van der Waals surface area contributed by atoms with Crippen molar-refractivity contribution in [3.8, 4) is 0 Å². The largest absolute Gasteiger partial charge is 0.347 e. The van der Waals surface area contributed by atoms with Crippen molar-refractivity contribution in [2.75, 3.05) is 0 Å². The van der Waals surface area contributed by atoms with Gasteiger partial charge in [-0.05, 0) is 51.0 Å². The van der Waals surface area contributed by atoms with Crippen molar-refractivity contribution in [2.24, 2.45) is 0 Å². The quantitative estimate of drug-likeness (QED) is 0.882. The Labute approximate surface area is 155 Å². The fourth-order valence-electron chi connectivity index (χ4n) is 3.55. The molecule has 2 amide bonds. The van der Waals surface area contributed by atoms with Crippen molar-refractivity contribution in [1.82, 2.24) is 10.6 Å². The number of carbonyl (C=O) groups excluding carboxylic acids is 2. The van der Waals surface area contributed by atoms with Crippen molar-refractivity contribution < 1.29 is 9.59 Å². The Bertz CT molecular complexity index is 733. The fraction of sp³-hybridized carbons (Fsp3) is 0.364. The average Bonchev–Trinajstić information content (AvgIpc) is 2.63. The fourth-order valence-corrected chi connectivity index (χ4v) is 3.55. The molecule has 1 fully saturated rings. The second-order valence-electron chi connectivity index (χ2n) is 7.18. The third kappa shape index (κ3) is 4.51. The number of amides is 2. The molecule has 26 heavy (non-hydrogen) atoms. The molecule has 0 unspecified atom stereocenters. The minimum atomic E-state index is -0.0737. The van der Waals surface area contributed by atoms with Gasteiger partial charge in [-0.25, -0.2) is 0 Å². The number of hydrogen-bond donors (Lipinski definition) is 2. The molecule has 2 aromatic carbocycles. The van der Waals surface area contributed by atoms with E-state index in [1.807, 2.05) is 62.4 Å². The summed E-state index contributed by atoms with van der Waals surface area (Å²) in [6.45, 7) is 3.95. The van der Waals surface area contributed by atoms with E-state index >= 15 is 0 Å². The Morgan fingerprint density at radius 1 is 0.769 bits per heavy atom. The van der Waals surface area contributed by atoms with E-state index in [9.17, 15) is 9.59 Å². The van der Waals surface area contributed by atoms with Gasteiger partial charge in [-0.2, -0.15) is 0 Å². The summed E-state index contributed by atoms with van der Waals surface area (Å²) in [6.07, 6.45) is 3.90. The van der Waals surface area contributed by atoms with Crippen molar-refractivity contribution in [1.29, 1.82) is 0 Å². The van der Waals surface area contributed by atoms with Crippen LogP contribution in [0, 0.1) is 13.8 Å². The van der Waals surface area contributed by atoms with Crippen molar-refractivity contribution in [2.45, 2.75) is 51.6 Å². The molecule has 0 spiro atoms. The zero-order valence-electron chi connectivity index (χ0n) is 15.4. The molecule has 0 saturated heterocycles. The summed E-state index contributed by atoms with van der Waals surface area (Å²) >= 11 is 0. The van der Waals surface area contributed by atoms with Crippen LogP contribution in [0.25, 0.3) is 0 Å². The van der Waals surface area contributed by atoms with E-state index in [0.29, 0.717) is 11.1 Å². The van der Waals surface area contributed by atoms with Gasteiger partial charge in [0.05, 0.1) is 0 Å². The first-order valence-electron chi connectivity index (χ1n) is 9.28. The summed E-state index contributed by atoms with van der Waals surface area (Å²) in [7, 11) is 0. The molecule has 136 valence electrons. The SMILES string of the molecule is Cc1cccc(C(=O)N[C@@H]2CCCC[C@H]2NC(=O)c2cccc(C)c2)c1. The predicted molar refractivity (Wildman–Crippen MR) is 103 cm³/mol. The number of aryl methyl sites for hydroxylation is 2.